The van der Waals surface area contributed by atoms with Crippen LogP contribution in [0.5, 0.6) is 0 Å². The lowest BCUT2D eigenvalue weighted by Crippen LogP contribution is -2.52. The van der Waals surface area contributed by atoms with Gasteiger partial charge in [-0.25, -0.2) is 0 Å². The van der Waals surface area contributed by atoms with E-state index in [1.54, 1.807) is 0 Å². The number of hydrogen-bond acceptors (Lipinski definition) is 3. The topological polar surface area (TPSA) is 52.7 Å². The highest BCUT2D eigenvalue weighted by Crippen LogP contribution is 2.21. The number of nitrogens with one attached hydrogen (secondary N) is 1. The Hall–Kier alpha value is -1.36. The van der Waals surface area contributed by atoms with Crippen LogP contribution in [0.3, 0.4) is 0 Å². The van der Waals surface area contributed by atoms with Crippen LogP contribution < -0.4 is 5.32 Å². The Kier molecular flexibility index (Phi) is 5.59. The van der Waals surface area contributed by atoms with E-state index in [2.05, 4.69) is 22.4 Å². The van der Waals surface area contributed by atoms with Crippen molar-refractivity contribution in [2.24, 2.45) is 5.92 Å². The van der Waals surface area contributed by atoms with Gasteiger partial charge < -0.3 is 10.2 Å². The van der Waals surface area contributed by atoms with Crippen LogP contribution in [0.25, 0.3) is 0 Å². The fourth-order valence-electron chi connectivity index (χ4n) is 2.86. The van der Waals surface area contributed by atoms with E-state index in [1.165, 1.54) is 0 Å². The number of amides is 2. The summed E-state index contributed by atoms with van der Waals surface area (Å²) in [7, 11) is 0. The maximum Gasteiger partial charge on any atom is 0.234 e. The summed E-state index contributed by atoms with van der Waals surface area (Å²) in [4.78, 5) is 28.0. The molecule has 1 heterocycles. The van der Waals surface area contributed by atoms with E-state index in [4.69, 9.17) is 0 Å². The van der Waals surface area contributed by atoms with Crippen molar-refractivity contribution in [1.82, 2.24) is 15.1 Å². The van der Waals surface area contributed by atoms with Gasteiger partial charge in [0.05, 0.1) is 6.54 Å². The van der Waals surface area contributed by atoms with Crippen LogP contribution in [0.15, 0.2) is 12.2 Å². The van der Waals surface area contributed by atoms with Gasteiger partial charge in [0.15, 0.2) is 0 Å². The van der Waals surface area contributed by atoms with Crippen molar-refractivity contribution in [2.75, 3.05) is 39.3 Å². The summed E-state index contributed by atoms with van der Waals surface area (Å²) in [5.74, 6) is 0.548. The summed E-state index contributed by atoms with van der Waals surface area (Å²) in [5.41, 5.74) is 0. The largest absolute Gasteiger partial charge is 0.355 e. The minimum absolute atomic E-state index is 0.0738. The summed E-state index contributed by atoms with van der Waals surface area (Å²) in [5, 5.41) is 2.81. The van der Waals surface area contributed by atoms with E-state index in [-0.39, 0.29) is 11.8 Å². The van der Waals surface area contributed by atoms with Crippen molar-refractivity contribution < 1.29 is 9.59 Å². The molecule has 1 fully saturated rings. The molecular formula is C15H25N3O2. The Morgan fingerprint density at radius 2 is 1.95 bits per heavy atom. The quantitative estimate of drug-likeness (QED) is 0.768. The average Bonchev–Trinajstić information content (AvgIpc) is 2.48. The van der Waals surface area contributed by atoms with Crippen molar-refractivity contribution in [3.05, 3.63) is 12.2 Å². The summed E-state index contributed by atoms with van der Waals surface area (Å²) in [6.45, 7) is 6.13. The summed E-state index contributed by atoms with van der Waals surface area (Å²) in [6, 6.07) is 0. The minimum Gasteiger partial charge on any atom is -0.355 e. The minimum atomic E-state index is 0.0738. The van der Waals surface area contributed by atoms with Crippen LogP contribution in [0.1, 0.15) is 26.2 Å². The highest BCUT2D eigenvalue weighted by Gasteiger charge is 2.27. The van der Waals surface area contributed by atoms with Crippen LogP contribution in [0.2, 0.25) is 0 Å². The summed E-state index contributed by atoms with van der Waals surface area (Å²) in [6.07, 6.45) is 7.17. The standard InChI is InChI=1S/C15H25N3O2/c1-2-16-14(19)12-17-8-10-18(11-9-17)15(20)13-6-4-3-5-7-13/h3-4,13H,2,5-12H2,1H3,(H,16,19). The van der Waals surface area contributed by atoms with E-state index >= 15 is 0 Å². The normalized spacial score (nSPS) is 23.6. The first-order valence-corrected chi connectivity index (χ1v) is 7.63. The Bertz CT molecular complexity index is 373. The van der Waals surface area contributed by atoms with Gasteiger partial charge in [-0.3, -0.25) is 14.5 Å². The molecule has 1 atom stereocenters. The number of carbonyl (C=O) groups excluding carboxylic acids is 2. The zero-order valence-corrected chi connectivity index (χ0v) is 12.3. The highest BCUT2D eigenvalue weighted by molar-refractivity contribution is 5.79. The third-order valence-electron chi connectivity index (χ3n) is 4.04. The average molecular weight is 279 g/mol. The van der Waals surface area contributed by atoms with E-state index in [9.17, 15) is 9.59 Å². The number of nitrogens with zero attached hydrogens (tertiary/aromatic N) is 2. The molecule has 1 aliphatic carbocycles. The van der Waals surface area contributed by atoms with E-state index in [1.807, 2.05) is 11.8 Å². The predicted octanol–water partition coefficient (Wildman–Crippen LogP) is 0.623. The Balaban J connectivity index is 1.74. The van der Waals surface area contributed by atoms with Gasteiger partial charge in [-0.05, 0) is 26.2 Å². The summed E-state index contributed by atoms with van der Waals surface area (Å²) >= 11 is 0. The van der Waals surface area contributed by atoms with E-state index in [0.717, 1.165) is 45.4 Å². The number of piperazine rings is 1. The lowest BCUT2D eigenvalue weighted by Gasteiger charge is -2.36. The molecule has 5 heteroatoms. The molecule has 0 spiro atoms. The van der Waals surface area contributed by atoms with Crippen LogP contribution >= 0.6 is 0 Å². The number of carbonyl (C=O) groups is 2. The molecule has 2 rings (SSSR count). The molecule has 1 unspecified atom stereocenters. The van der Waals surface area contributed by atoms with Gasteiger partial charge in [0.25, 0.3) is 0 Å². The SMILES string of the molecule is CCNC(=O)CN1CCN(C(=O)C2CC=CCC2)CC1. The number of rotatable bonds is 4. The van der Waals surface area contributed by atoms with Crippen molar-refractivity contribution in [1.29, 1.82) is 0 Å². The van der Waals surface area contributed by atoms with Gasteiger partial charge in [-0.15, -0.1) is 0 Å². The van der Waals surface area contributed by atoms with Crippen LogP contribution in [-0.2, 0) is 9.59 Å². The molecule has 0 aromatic rings. The van der Waals surface area contributed by atoms with Crippen LogP contribution in [-0.4, -0.2) is 60.9 Å². The third kappa shape index (κ3) is 4.07. The molecule has 0 bridgehead atoms. The lowest BCUT2D eigenvalue weighted by atomic mass is 9.93. The number of likely N-dealkylation sites (N-methyl/N-ethyl adjacent to an activating group) is 1. The van der Waals surface area contributed by atoms with Crippen molar-refractivity contribution in [3.63, 3.8) is 0 Å². The number of hydrogen-bond donors (Lipinski definition) is 1. The van der Waals surface area contributed by atoms with Gasteiger partial charge in [0, 0.05) is 38.6 Å². The molecule has 2 aliphatic rings. The van der Waals surface area contributed by atoms with Crippen molar-refractivity contribution in [3.8, 4) is 0 Å². The molecule has 0 radical (unpaired) electrons. The van der Waals surface area contributed by atoms with Crippen LogP contribution in [0.4, 0.5) is 0 Å². The molecule has 1 saturated heterocycles. The molecule has 112 valence electrons. The molecule has 20 heavy (non-hydrogen) atoms. The second-order valence-corrected chi connectivity index (χ2v) is 5.54. The van der Waals surface area contributed by atoms with E-state index < -0.39 is 0 Å². The number of allylic oxidation sites excluding steroid dienone is 2. The highest BCUT2D eigenvalue weighted by atomic mass is 16.2. The molecule has 2 amide bonds. The molecule has 1 aliphatic heterocycles. The first-order chi connectivity index (χ1) is 9.70. The van der Waals surface area contributed by atoms with Gasteiger partial charge in [-0.1, -0.05) is 12.2 Å². The zero-order chi connectivity index (χ0) is 14.4. The predicted molar refractivity (Wildman–Crippen MR) is 78.2 cm³/mol. The van der Waals surface area contributed by atoms with Crippen molar-refractivity contribution >= 4 is 11.8 Å². The molecular weight excluding hydrogens is 254 g/mol. The third-order valence-corrected chi connectivity index (χ3v) is 4.04. The monoisotopic (exact) mass is 279 g/mol. The first-order valence-electron chi connectivity index (χ1n) is 7.63. The Morgan fingerprint density at radius 1 is 1.20 bits per heavy atom. The second kappa shape index (κ2) is 7.43. The zero-order valence-electron chi connectivity index (χ0n) is 12.3. The summed E-state index contributed by atoms with van der Waals surface area (Å²) < 4.78 is 0. The maximum atomic E-state index is 12.4. The lowest BCUT2D eigenvalue weighted by molar-refractivity contribution is -0.137. The smallest absolute Gasteiger partial charge is 0.234 e. The van der Waals surface area contributed by atoms with Gasteiger partial charge >= 0.3 is 0 Å². The Morgan fingerprint density at radius 3 is 2.55 bits per heavy atom. The second-order valence-electron chi connectivity index (χ2n) is 5.54. The van der Waals surface area contributed by atoms with Crippen molar-refractivity contribution in [2.45, 2.75) is 26.2 Å². The fraction of sp³-hybridized carbons (Fsp3) is 0.733. The van der Waals surface area contributed by atoms with E-state index in [0.29, 0.717) is 19.0 Å². The first kappa shape index (κ1) is 15.0. The molecule has 1 N–H and O–H groups in total. The molecule has 0 aromatic carbocycles. The molecule has 5 nitrogen and oxygen atoms in total. The Labute approximate surface area is 121 Å². The fourth-order valence-corrected chi connectivity index (χ4v) is 2.86. The maximum absolute atomic E-state index is 12.4. The molecule has 0 aromatic heterocycles. The van der Waals surface area contributed by atoms with Gasteiger partial charge in [0.2, 0.25) is 11.8 Å². The van der Waals surface area contributed by atoms with Gasteiger partial charge in [0.1, 0.15) is 0 Å². The van der Waals surface area contributed by atoms with Gasteiger partial charge in [-0.2, -0.15) is 0 Å². The van der Waals surface area contributed by atoms with Crippen LogP contribution in [0, 0.1) is 5.92 Å². The molecule has 0 saturated carbocycles.